The van der Waals surface area contributed by atoms with Crippen LogP contribution in [0.15, 0.2) is 12.2 Å². The Labute approximate surface area is 131 Å². The lowest BCUT2D eigenvalue weighted by Crippen LogP contribution is -2.34. The highest BCUT2D eigenvalue weighted by Crippen LogP contribution is 2.14. The molecule has 22 heavy (non-hydrogen) atoms. The fourth-order valence-corrected chi connectivity index (χ4v) is 1.46. The molecule has 0 radical (unpaired) electrons. The van der Waals surface area contributed by atoms with E-state index in [0.717, 1.165) is 0 Å². The molecule has 0 rings (SSSR count). The number of ether oxygens (including phenoxy) is 3. The van der Waals surface area contributed by atoms with Gasteiger partial charge in [0, 0.05) is 18.5 Å². The minimum atomic E-state index is -1.17. The van der Waals surface area contributed by atoms with Crippen LogP contribution in [-0.4, -0.2) is 63.3 Å². The Bertz CT molecular complexity index is 418. The predicted molar refractivity (Wildman–Crippen MR) is 80.0 cm³/mol. The van der Waals surface area contributed by atoms with E-state index in [1.165, 1.54) is 14.0 Å². The van der Waals surface area contributed by atoms with Gasteiger partial charge in [-0.15, -0.1) is 0 Å². The lowest BCUT2D eigenvalue weighted by molar-refractivity contribution is -0.168. The first-order valence-electron chi connectivity index (χ1n) is 6.94. The Morgan fingerprint density at radius 3 is 2.23 bits per heavy atom. The third kappa shape index (κ3) is 7.78. The molecule has 0 bridgehead atoms. The average Bonchev–Trinajstić information content (AvgIpc) is 2.44. The third-order valence-corrected chi connectivity index (χ3v) is 2.81. The molecule has 2 atom stereocenters. The molecule has 0 aliphatic carbocycles. The van der Waals surface area contributed by atoms with Gasteiger partial charge in [-0.3, -0.25) is 4.79 Å². The molecule has 0 heterocycles. The van der Waals surface area contributed by atoms with Crippen LogP contribution in [0.5, 0.6) is 0 Å². The Morgan fingerprint density at radius 1 is 1.18 bits per heavy atom. The van der Waals surface area contributed by atoms with Crippen molar-refractivity contribution in [1.29, 1.82) is 0 Å². The molecule has 0 saturated carbocycles. The van der Waals surface area contributed by atoms with Gasteiger partial charge in [0.1, 0.15) is 6.61 Å². The SMILES string of the molecule is C=C(C)C(=O)OC(CC(C)C(=O)OC)C(=O)OCCN(C)C. The maximum absolute atomic E-state index is 12.0. The molecular weight excluding hydrogens is 290 g/mol. The van der Waals surface area contributed by atoms with Gasteiger partial charge in [-0.05, 0) is 21.0 Å². The molecule has 7 heteroatoms. The minimum absolute atomic E-state index is 0.00745. The van der Waals surface area contributed by atoms with Crippen LogP contribution in [-0.2, 0) is 28.6 Å². The molecule has 0 aromatic carbocycles. The van der Waals surface area contributed by atoms with Crippen LogP contribution in [0, 0.1) is 5.92 Å². The van der Waals surface area contributed by atoms with Crippen LogP contribution < -0.4 is 0 Å². The second-order valence-electron chi connectivity index (χ2n) is 5.30. The summed E-state index contributed by atoms with van der Waals surface area (Å²) in [6.07, 6.45) is -1.17. The summed E-state index contributed by atoms with van der Waals surface area (Å²) in [5, 5.41) is 0. The number of carbonyl (C=O) groups is 3. The second kappa shape index (κ2) is 9.94. The Hall–Kier alpha value is -1.89. The van der Waals surface area contributed by atoms with Crippen molar-refractivity contribution in [1.82, 2.24) is 4.90 Å². The summed E-state index contributed by atoms with van der Waals surface area (Å²) in [6.45, 7) is 7.22. The number of likely N-dealkylation sites (N-methyl/N-ethyl adjacent to an activating group) is 1. The van der Waals surface area contributed by atoms with E-state index in [9.17, 15) is 14.4 Å². The van der Waals surface area contributed by atoms with E-state index in [1.807, 2.05) is 19.0 Å². The van der Waals surface area contributed by atoms with Gasteiger partial charge in [0.05, 0.1) is 13.0 Å². The maximum Gasteiger partial charge on any atom is 0.347 e. The van der Waals surface area contributed by atoms with Crippen LogP contribution >= 0.6 is 0 Å². The van der Waals surface area contributed by atoms with Crippen LogP contribution in [0.1, 0.15) is 20.3 Å². The van der Waals surface area contributed by atoms with Gasteiger partial charge in [0.2, 0.25) is 0 Å². The average molecular weight is 315 g/mol. The molecule has 2 unspecified atom stereocenters. The first-order valence-corrected chi connectivity index (χ1v) is 6.94. The zero-order valence-corrected chi connectivity index (χ0v) is 13.9. The van der Waals surface area contributed by atoms with Crippen molar-refractivity contribution in [2.45, 2.75) is 26.4 Å². The number of esters is 3. The predicted octanol–water partition coefficient (Wildman–Crippen LogP) is 0.778. The van der Waals surface area contributed by atoms with E-state index >= 15 is 0 Å². The third-order valence-electron chi connectivity index (χ3n) is 2.81. The fourth-order valence-electron chi connectivity index (χ4n) is 1.46. The molecule has 0 spiro atoms. The standard InChI is InChI=1S/C15H25NO6/c1-10(2)13(17)22-12(9-11(3)14(18)20-6)15(19)21-8-7-16(4)5/h11-12H,1,7-9H2,2-6H3. The Morgan fingerprint density at radius 2 is 1.77 bits per heavy atom. The summed E-state index contributed by atoms with van der Waals surface area (Å²) >= 11 is 0. The van der Waals surface area contributed by atoms with E-state index in [1.54, 1.807) is 6.92 Å². The summed E-state index contributed by atoms with van der Waals surface area (Å²) in [5.74, 6) is -2.48. The van der Waals surface area contributed by atoms with Gasteiger partial charge < -0.3 is 19.1 Å². The van der Waals surface area contributed by atoms with E-state index in [2.05, 4.69) is 11.3 Å². The number of hydrogen-bond donors (Lipinski definition) is 0. The van der Waals surface area contributed by atoms with Crippen molar-refractivity contribution in [3.63, 3.8) is 0 Å². The summed E-state index contributed by atoms with van der Waals surface area (Å²) in [6, 6.07) is 0. The zero-order valence-electron chi connectivity index (χ0n) is 13.9. The largest absolute Gasteiger partial charge is 0.469 e. The minimum Gasteiger partial charge on any atom is -0.469 e. The highest BCUT2D eigenvalue weighted by Gasteiger charge is 2.29. The molecular formula is C15H25NO6. The van der Waals surface area contributed by atoms with Crippen molar-refractivity contribution >= 4 is 17.9 Å². The van der Waals surface area contributed by atoms with Gasteiger partial charge in [-0.25, -0.2) is 9.59 Å². The zero-order chi connectivity index (χ0) is 17.3. The molecule has 126 valence electrons. The number of carbonyl (C=O) groups excluding carboxylic acids is 3. The van der Waals surface area contributed by atoms with Crippen LogP contribution in [0.4, 0.5) is 0 Å². The summed E-state index contributed by atoms with van der Waals surface area (Å²) in [5.41, 5.74) is 0.164. The molecule has 0 amide bonds. The number of nitrogens with zero attached hydrogens (tertiary/aromatic N) is 1. The normalized spacial score (nSPS) is 13.2. The number of hydrogen-bond acceptors (Lipinski definition) is 7. The van der Waals surface area contributed by atoms with Crippen molar-refractivity contribution in [2.75, 3.05) is 34.4 Å². The monoisotopic (exact) mass is 315 g/mol. The Balaban J connectivity index is 4.76. The van der Waals surface area contributed by atoms with Crippen molar-refractivity contribution in [2.24, 2.45) is 5.92 Å². The molecule has 0 fully saturated rings. The summed E-state index contributed by atoms with van der Waals surface area (Å²) in [7, 11) is 4.93. The quantitative estimate of drug-likeness (QED) is 0.353. The molecule has 0 aliphatic rings. The second-order valence-corrected chi connectivity index (χ2v) is 5.30. The van der Waals surface area contributed by atoms with Gasteiger partial charge in [-0.1, -0.05) is 13.5 Å². The highest BCUT2D eigenvalue weighted by molar-refractivity contribution is 5.89. The van der Waals surface area contributed by atoms with E-state index < -0.39 is 29.9 Å². The Kier molecular flexibility index (Phi) is 9.09. The van der Waals surface area contributed by atoms with Gasteiger partial charge in [0.15, 0.2) is 6.10 Å². The van der Waals surface area contributed by atoms with E-state index in [-0.39, 0.29) is 18.6 Å². The first-order chi connectivity index (χ1) is 10.2. The van der Waals surface area contributed by atoms with Crippen molar-refractivity contribution in [3.05, 3.63) is 12.2 Å². The highest BCUT2D eigenvalue weighted by atomic mass is 16.6. The summed E-state index contributed by atoms with van der Waals surface area (Å²) in [4.78, 5) is 36.9. The number of rotatable bonds is 9. The maximum atomic E-state index is 12.0. The smallest absolute Gasteiger partial charge is 0.347 e. The van der Waals surface area contributed by atoms with Gasteiger partial charge in [-0.2, -0.15) is 0 Å². The van der Waals surface area contributed by atoms with Crippen LogP contribution in [0.25, 0.3) is 0 Å². The molecule has 0 aromatic heterocycles. The van der Waals surface area contributed by atoms with Gasteiger partial charge in [0.25, 0.3) is 0 Å². The molecule has 7 nitrogen and oxygen atoms in total. The van der Waals surface area contributed by atoms with Crippen molar-refractivity contribution in [3.8, 4) is 0 Å². The van der Waals surface area contributed by atoms with Crippen LogP contribution in [0.2, 0.25) is 0 Å². The molecule has 0 aromatic rings. The molecule has 0 N–H and O–H groups in total. The molecule has 0 aliphatic heterocycles. The summed E-state index contributed by atoms with van der Waals surface area (Å²) < 4.78 is 14.7. The van der Waals surface area contributed by atoms with E-state index in [4.69, 9.17) is 9.47 Å². The van der Waals surface area contributed by atoms with Crippen molar-refractivity contribution < 1.29 is 28.6 Å². The topological polar surface area (TPSA) is 82.1 Å². The van der Waals surface area contributed by atoms with E-state index in [0.29, 0.717) is 6.54 Å². The number of methoxy groups -OCH3 is 1. The van der Waals surface area contributed by atoms with Crippen LogP contribution in [0.3, 0.4) is 0 Å². The lowest BCUT2D eigenvalue weighted by Gasteiger charge is -2.20. The first kappa shape index (κ1) is 20.1. The van der Waals surface area contributed by atoms with Gasteiger partial charge >= 0.3 is 17.9 Å². The molecule has 0 saturated heterocycles. The fraction of sp³-hybridized carbons (Fsp3) is 0.667. The lowest BCUT2D eigenvalue weighted by atomic mass is 10.0.